The van der Waals surface area contributed by atoms with Crippen LogP contribution in [0.2, 0.25) is 0 Å². The predicted octanol–water partition coefficient (Wildman–Crippen LogP) is 1.39. The van der Waals surface area contributed by atoms with Gasteiger partial charge in [-0.05, 0) is 43.0 Å². The summed E-state index contributed by atoms with van der Waals surface area (Å²) >= 11 is 0. The highest BCUT2D eigenvalue weighted by Gasteiger charge is 2.19. The number of nitrogens with one attached hydrogen (secondary N) is 2. The van der Waals surface area contributed by atoms with Crippen molar-refractivity contribution in [1.29, 1.82) is 0 Å². The summed E-state index contributed by atoms with van der Waals surface area (Å²) in [5.74, 6) is -0.528. The van der Waals surface area contributed by atoms with Gasteiger partial charge in [-0.3, -0.25) is 4.79 Å². The van der Waals surface area contributed by atoms with Gasteiger partial charge in [0.05, 0.1) is 18.0 Å². The highest BCUT2D eigenvalue weighted by atomic mass is 32.2. The van der Waals surface area contributed by atoms with Crippen LogP contribution in [0.1, 0.15) is 23.2 Å². The highest BCUT2D eigenvalue weighted by molar-refractivity contribution is 7.89. The van der Waals surface area contributed by atoms with Crippen molar-refractivity contribution in [1.82, 2.24) is 10.0 Å². The van der Waals surface area contributed by atoms with Crippen LogP contribution in [-0.2, 0) is 14.8 Å². The third kappa shape index (κ3) is 5.50. The first-order valence-corrected chi connectivity index (χ1v) is 9.10. The van der Waals surface area contributed by atoms with Crippen LogP contribution in [0.15, 0.2) is 29.2 Å². The van der Waals surface area contributed by atoms with E-state index in [1.54, 1.807) is 0 Å². The second-order valence-corrected chi connectivity index (χ2v) is 7.33. The Kier molecular flexibility index (Phi) is 6.64. The van der Waals surface area contributed by atoms with Crippen LogP contribution in [0.3, 0.4) is 0 Å². The lowest BCUT2D eigenvalue weighted by molar-refractivity contribution is 0.0568. The number of ether oxygens (including phenoxy) is 1. The maximum atomic E-state index is 12.2. The zero-order chi connectivity index (χ0) is 17.6. The SMILES string of the molecule is O=C(NCC(F)F)c1ccc(S(=O)(=O)NC[C@@H]2CCCOC2)cc1. The first-order chi connectivity index (χ1) is 11.4. The quantitative estimate of drug-likeness (QED) is 0.768. The fourth-order valence-corrected chi connectivity index (χ4v) is 3.45. The molecule has 134 valence electrons. The molecule has 1 saturated heterocycles. The lowest BCUT2D eigenvalue weighted by atomic mass is 10.0. The van der Waals surface area contributed by atoms with Gasteiger partial charge in [-0.15, -0.1) is 0 Å². The van der Waals surface area contributed by atoms with E-state index in [1.165, 1.54) is 24.3 Å². The summed E-state index contributed by atoms with van der Waals surface area (Å²) < 4.78 is 56.4. The average Bonchev–Trinajstić information content (AvgIpc) is 2.59. The molecule has 1 aliphatic rings. The Labute approximate surface area is 139 Å². The van der Waals surface area contributed by atoms with E-state index in [4.69, 9.17) is 4.74 Å². The molecular formula is C15H20F2N2O4S. The van der Waals surface area contributed by atoms with Gasteiger partial charge in [-0.1, -0.05) is 0 Å². The van der Waals surface area contributed by atoms with E-state index in [0.29, 0.717) is 19.8 Å². The molecule has 1 aromatic carbocycles. The van der Waals surface area contributed by atoms with Gasteiger partial charge in [0.15, 0.2) is 0 Å². The highest BCUT2D eigenvalue weighted by Crippen LogP contribution is 2.15. The van der Waals surface area contributed by atoms with Crippen LogP contribution in [0.4, 0.5) is 8.78 Å². The molecule has 0 unspecified atom stereocenters. The Hall–Kier alpha value is -1.58. The fourth-order valence-electron chi connectivity index (χ4n) is 2.34. The van der Waals surface area contributed by atoms with E-state index < -0.39 is 28.9 Å². The summed E-state index contributed by atoms with van der Waals surface area (Å²) in [4.78, 5) is 11.6. The van der Waals surface area contributed by atoms with Crippen molar-refractivity contribution in [2.45, 2.75) is 24.2 Å². The number of amides is 1. The topological polar surface area (TPSA) is 84.5 Å². The van der Waals surface area contributed by atoms with Crippen molar-refractivity contribution in [2.24, 2.45) is 5.92 Å². The normalized spacial score (nSPS) is 18.5. The predicted molar refractivity (Wildman–Crippen MR) is 83.5 cm³/mol. The Bertz CT molecular complexity index is 644. The number of carbonyl (C=O) groups is 1. The summed E-state index contributed by atoms with van der Waals surface area (Å²) in [7, 11) is -3.69. The van der Waals surface area contributed by atoms with Crippen molar-refractivity contribution in [3.63, 3.8) is 0 Å². The van der Waals surface area contributed by atoms with Gasteiger partial charge in [0.25, 0.3) is 12.3 Å². The molecule has 1 aromatic rings. The summed E-state index contributed by atoms with van der Waals surface area (Å²) in [5, 5.41) is 2.06. The van der Waals surface area contributed by atoms with E-state index >= 15 is 0 Å². The Morgan fingerprint density at radius 2 is 2.00 bits per heavy atom. The molecule has 0 radical (unpaired) electrons. The van der Waals surface area contributed by atoms with E-state index in [1.807, 2.05) is 0 Å². The van der Waals surface area contributed by atoms with Crippen LogP contribution in [-0.4, -0.2) is 47.1 Å². The van der Waals surface area contributed by atoms with Crippen molar-refractivity contribution < 1.29 is 26.7 Å². The van der Waals surface area contributed by atoms with Crippen LogP contribution < -0.4 is 10.0 Å². The minimum Gasteiger partial charge on any atom is -0.381 e. The minimum absolute atomic E-state index is 0.0182. The molecule has 6 nitrogen and oxygen atoms in total. The molecule has 1 atom stereocenters. The van der Waals surface area contributed by atoms with Gasteiger partial charge in [0.2, 0.25) is 10.0 Å². The first kappa shape index (κ1) is 18.8. The van der Waals surface area contributed by atoms with Gasteiger partial charge >= 0.3 is 0 Å². The number of halogens is 2. The molecule has 9 heteroatoms. The molecular weight excluding hydrogens is 342 g/mol. The Morgan fingerprint density at radius 3 is 2.58 bits per heavy atom. The van der Waals surface area contributed by atoms with Crippen LogP contribution in [0.25, 0.3) is 0 Å². The van der Waals surface area contributed by atoms with Gasteiger partial charge in [0.1, 0.15) is 0 Å². The standard InChI is InChI=1S/C15H20F2N2O4S/c16-14(17)9-18-15(20)12-3-5-13(6-4-12)24(21,22)19-8-11-2-1-7-23-10-11/h3-6,11,14,19H,1-2,7-10H2,(H,18,20)/t11-/m0/s1. The van der Waals surface area contributed by atoms with Crippen molar-refractivity contribution in [3.05, 3.63) is 29.8 Å². The van der Waals surface area contributed by atoms with Crippen LogP contribution >= 0.6 is 0 Å². The smallest absolute Gasteiger partial charge is 0.255 e. The number of rotatable bonds is 7. The minimum atomic E-state index is -3.69. The summed E-state index contributed by atoms with van der Waals surface area (Å²) in [6.45, 7) is 0.785. The van der Waals surface area contributed by atoms with Crippen molar-refractivity contribution in [3.8, 4) is 0 Å². The molecule has 0 bridgehead atoms. The average molecular weight is 362 g/mol. The monoisotopic (exact) mass is 362 g/mol. The maximum absolute atomic E-state index is 12.2. The molecule has 1 aliphatic heterocycles. The van der Waals surface area contributed by atoms with Crippen LogP contribution in [0, 0.1) is 5.92 Å². The molecule has 0 aliphatic carbocycles. The maximum Gasteiger partial charge on any atom is 0.255 e. The number of alkyl halides is 2. The van der Waals surface area contributed by atoms with E-state index in [0.717, 1.165) is 12.8 Å². The zero-order valence-corrected chi connectivity index (χ0v) is 13.8. The summed E-state index contributed by atoms with van der Waals surface area (Å²) in [6, 6.07) is 5.13. The molecule has 2 N–H and O–H groups in total. The Balaban J connectivity index is 1.94. The third-order valence-corrected chi connectivity index (χ3v) is 5.10. The summed E-state index contributed by atoms with van der Waals surface area (Å²) in [6.07, 6.45) is -0.817. The molecule has 1 fully saturated rings. The van der Waals surface area contributed by atoms with E-state index in [9.17, 15) is 22.0 Å². The number of sulfonamides is 1. The second kappa shape index (κ2) is 8.50. The lowest BCUT2D eigenvalue weighted by Gasteiger charge is -2.22. The van der Waals surface area contributed by atoms with E-state index in [-0.39, 0.29) is 16.4 Å². The first-order valence-electron chi connectivity index (χ1n) is 7.62. The largest absolute Gasteiger partial charge is 0.381 e. The number of benzene rings is 1. The molecule has 0 aromatic heterocycles. The number of hydrogen-bond donors (Lipinski definition) is 2. The van der Waals surface area contributed by atoms with E-state index in [2.05, 4.69) is 10.0 Å². The lowest BCUT2D eigenvalue weighted by Crippen LogP contribution is -2.33. The molecule has 24 heavy (non-hydrogen) atoms. The number of carbonyl (C=O) groups excluding carboxylic acids is 1. The molecule has 1 heterocycles. The molecule has 2 rings (SSSR count). The number of hydrogen-bond acceptors (Lipinski definition) is 4. The Morgan fingerprint density at radius 1 is 1.29 bits per heavy atom. The van der Waals surface area contributed by atoms with Crippen LogP contribution in [0.5, 0.6) is 0 Å². The van der Waals surface area contributed by atoms with Gasteiger partial charge < -0.3 is 10.1 Å². The summed E-state index contributed by atoms with van der Waals surface area (Å²) in [5.41, 5.74) is 0.121. The van der Waals surface area contributed by atoms with Gasteiger partial charge in [0, 0.05) is 18.7 Å². The van der Waals surface area contributed by atoms with Crippen molar-refractivity contribution in [2.75, 3.05) is 26.3 Å². The molecule has 1 amide bonds. The fraction of sp³-hybridized carbons (Fsp3) is 0.533. The third-order valence-electron chi connectivity index (χ3n) is 3.66. The van der Waals surface area contributed by atoms with Gasteiger partial charge in [-0.25, -0.2) is 21.9 Å². The second-order valence-electron chi connectivity index (χ2n) is 5.56. The van der Waals surface area contributed by atoms with Crippen molar-refractivity contribution >= 4 is 15.9 Å². The molecule has 0 spiro atoms. The molecule has 0 saturated carbocycles. The zero-order valence-electron chi connectivity index (χ0n) is 13.0. The van der Waals surface area contributed by atoms with Gasteiger partial charge in [-0.2, -0.15) is 0 Å².